The zero-order valence-corrected chi connectivity index (χ0v) is 22.9. The molecular formula is C28H36F4N4O5. The number of methoxy groups -OCH3 is 1. The lowest BCUT2D eigenvalue weighted by Crippen LogP contribution is -2.44. The number of carboxylic acid groups (broad SMARTS) is 1. The minimum absolute atomic E-state index is 0.0653. The van der Waals surface area contributed by atoms with Gasteiger partial charge in [-0.25, -0.2) is 14.2 Å². The maximum absolute atomic E-state index is 13.4. The van der Waals surface area contributed by atoms with Crippen LogP contribution in [0.1, 0.15) is 47.3 Å². The van der Waals surface area contributed by atoms with E-state index >= 15 is 0 Å². The molecule has 0 fully saturated rings. The molecular weight excluding hydrogens is 548 g/mol. The van der Waals surface area contributed by atoms with Gasteiger partial charge in [0, 0.05) is 32.4 Å². The summed E-state index contributed by atoms with van der Waals surface area (Å²) in [6.45, 7) is 1.08. The number of aryl methyl sites for hydroxylation is 2. The summed E-state index contributed by atoms with van der Waals surface area (Å²) >= 11 is 0. The van der Waals surface area contributed by atoms with Gasteiger partial charge in [-0.05, 0) is 68.8 Å². The van der Waals surface area contributed by atoms with Crippen LogP contribution in [0.15, 0.2) is 36.4 Å². The van der Waals surface area contributed by atoms with Gasteiger partial charge in [-0.1, -0.05) is 18.2 Å². The Balaban J connectivity index is 1.58. The van der Waals surface area contributed by atoms with Crippen molar-refractivity contribution in [1.29, 1.82) is 0 Å². The molecule has 0 spiro atoms. The van der Waals surface area contributed by atoms with Crippen LogP contribution in [-0.4, -0.2) is 85.3 Å². The van der Waals surface area contributed by atoms with Gasteiger partial charge in [-0.2, -0.15) is 0 Å². The molecule has 2 atom stereocenters. The molecule has 0 radical (unpaired) electrons. The number of aromatic nitrogens is 1. The van der Waals surface area contributed by atoms with Crippen LogP contribution in [0.5, 0.6) is 5.75 Å². The Hall–Kier alpha value is -3.45. The molecule has 2 heterocycles. The monoisotopic (exact) mass is 584 g/mol. The average Bonchev–Trinajstić information content (AvgIpc) is 2.94. The van der Waals surface area contributed by atoms with Crippen LogP contribution in [0, 0.1) is 0 Å². The Morgan fingerprint density at radius 2 is 1.95 bits per heavy atom. The van der Waals surface area contributed by atoms with Gasteiger partial charge < -0.3 is 30.1 Å². The number of halogens is 4. The van der Waals surface area contributed by atoms with E-state index in [1.165, 1.54) is 24.8 Å². The molecule has 226 valence electrons. The number of hydrogen-bond acceptors (Lipinski definition) is 7. The Kier molecular flexibility index (Phi) is 12.1. The van der Waals surface area contributed by atoms with Gasteiger partial charge in [-0.15, -0.1) is 13.2 Å². The molecule has 3 N–H and O–H groups in total. The first-order valence-electron chi connectivity index (χ1n) is 13.5. The number of para-hydroxylation sites is 1. The number of rotatable bonds is 16. The summed E-state index contributed by atoms with van der Waals surface area (Å²) in [7, 11) is 1.39. The summed E-state index contributed by atoms with van der Waals surface area (Å²) in [5.41, 5.74) is 1.72. The van der Waals surface area contributed by atoms with Crippen LogP contribution in [0.4, 0.5) is 23.4 Å². The van der Waals surface area contributed by atoms with Crippen molar-refractivity contribution in [3.8, 4) is 5.75 Å². The Labute approximate surface area is 236 Å². The number of ether oxygens (including phenoxy) is 2. The third kappa shape index (κ3) is 10.5. The number of hydrogen-bond donors (Lipinski definition) is 3. The van der Waals surface area contributed by atoms with Crippen LogP contribution >= 0.6 is 0 Å². The van der Waals surface area contributed by atoms with Gasteiger partial charge >= 0.3 is 12.3 Å². The number of alkyl halides is 4. The number of amides is 1. The van der Waals surface area contributed by atoms with Crippen LogP contribution in [-0.2, 0) is 22.4 Å². The number of carbonyl (C=O) groups is 2. The molecule has 1 aliphatic rings. The molecule has 13 heteroatoms. The molecule has 0 bridgehead atoms. The van der Waals surface area contributed by atoms with Crippen molar-refractivity contribution >= 4 is 17.7 Å². The summed E-state index contributed by atoms with van der Waals surface area (Å²) < 4.78 is 60.7. The molecule has 1 amide bonds. The highest BCUT2D eigenvalue weighted by atomic mass is 19.4. The highest BCUT2D eigenvalue weighted by Gasteiger charge is 2.33. The van der Waals surface area contributed by atoms with Crippen molar-refractivity contribution in [2.24, 2.45) is 0 Å². The minimum Gasteiger partial charge on any atom is -0.480 e. The summed E-state index contributed by atoms with van der Waals surface area (Å²) in [4.78, 5) is 31.2. The lowest BCUT2D eigenvalue weighted by atomic mass is 10.1. The van der Waals surface area contributed by atoms with Crippen molar-refractivity contribution in [3.63, 3.8) is 0 Å². The van der Waals surface area contributed by atoms with Gasteiger partial charge in [0.25, 0.3) is 5.91 Å². The number of unbranched alkanes of at least 4 members (excludes halogenated alkanes) is 1. The van der Waals surface area contributed by atoms with E-state index in [2.05, 4.69) is 21.4 Å². The predicted octanol–water partition coefficient (Wildman–Crippen LogP) is 4.22. The van der Waals surface area contributed by atoms with E-state index in [0.29, 0.717) is 6.54 Å². The number of carbonyl (C=O) groups excluding carboxylic acids is 1. The molecule has 0 saturated carbocycles. The van der Waals surface area contributed by atoms with Gasteiger partial charge in [0.1, 0.15) is 24.3 Å². The van der Waals surface area contributed by atoms with E-state index in [1.54, 1.807) is 0 Å². The van der Waals surface area contributed by atoms with E-state index in [-0.39, 0.29) is 19.5 Å². The van der Waals surface area contributed by atoms with Gasteiger partial charge in [-0.3, -0.25) is 4.79 Å². The SMILES string of the molecule is COC(CF)CN(CCCCc1ccc2c(n1)NCCC2)CCC(NC(=O)c1ccccc1OC(F)(F)F)C(=O)O. The highest BCUT2D eigenvalue weighted by molar-refractivity contribution is 5.98. The summed E-state index contributed by atoms with van der Waals surface area (Å²) in [5.74, 6) is -2.18. The largest absolute Gasteiger partial charge is 0.573 e. The highest BCUT2D eigenvalue weighted by Crippen LogP contribution is 2.26. The van der Waals surface area contributed by atoms with Gasteiger partial charge in [0.2, 0.25) is 0 Å². The van der Waals surface area contributed by atoms with Crippen molar-refractivity contribution in [2.75, 3.05) is 45.3 Å². The second-order valence-electron chi connectivity index (χ2n) is 9.81. The second kappa shape index (κ2) is 15.5. The molecule has 1 aromatic heterocycles. The van der Waals surface area contributed by atoms with Crippen molar-refractivity contribution in [1.82, 2.24) is 15.2 Å². The molecule has 9 nitrogen and oxygen atoms in total. The molecule has 0 aliphatic carbocycles. The zero-order valence-electron chi connectivity index (χ0n) is 22.9. The molecule has 41 heavy (non-hydrogen) atoms. The first-order valence-corrected chi connectivity index (χ1v) is 13.5. The quantitative estimate of drug-likeness (QED) is 0.199. The Bertz CT molecular complexity index is 1150. The van der Waals surface area contributed by atoms with Crippen molar-refractivity contribution < 1.29 is 41.7 Å². The number of fused-ring (bicyclic) bond motifs is 1. The van der Waals surface area contributed by atoms with Gasteiger partial charge in [0.05, 0.1) is 11.7 Å². The van der Waals surface area contributed by atoms with E-state index in [9.17, 15) is 32.3 Å². The normalized spacial score (nSPS) is 14.6. The van der Waals surface area contributed by atoms with E-state index < -0.39 is 48.4 Å². The lowest BCUT2D eigenvalue weighted by Gasteiger charge is -2.27. The molecule has 2 unspecified atom stereocenters. The number of benzene rings is 1. The standard InChI is InChI=1S/C28H36F4N4O5/c1-40-21(17-29)18-36(15-5-4-8-20-12-11-19-7-6-14-33-25(19)34-20)16-13-23(27(38)39)35-26(37)22-9-2-3-10-24(22)41-28(30,31)32/h2-3,9-12,21,23H,4-8,13-18H2,1H3,(H,33,34)(H,35,37)(H,38,39). The Morgan fingerprint density at radius 1 is 1.17 bits per heavy atom. The lowest BCUT2D eigenvalue weighted by molar-refractivity contribution is -0.274. The van der Waals surface area contributed by atoms with E-state index in [1.807, 2.05) is 11.0 Å². The summed E-state index contributed by atoms with van der Waals surface area (Å²) in [6, 6.07) is 7.40. The Morgan fingerprint density at radius 3 is 2.66 bits per heavy atom. The average molecular weight is 585 g/mol. The first-order chi connectivity index (χ1) is 19.6. The number of aliphatic carboxylic acids is 1. The maximum Gasteiger partial charge on any atom is 0.573 e. The molecule has 0 saturated heterocycles. The topological polar surface area (TPSA) is 113 Å². The zero-order chi connectivity index (χ0) is 29.8. The third-order valence-corrected chi connectivity index (χ3v) is 6.77. The molecule has 1 aromatic carbocycles. The number of carboxylic acids is 1. The number of nitrogens with zero attached hydrogens (tertiary/aromatic N) is 2. The van der Waals surface area contributed by atoms with Crippen LogP contribution in [0.2, 0.25) is 0 Å². The molecule has 3 rings (SSSR count). The van der Waals surface area contributed by atoms with Crippen molar-refractivity contribution in [3.05, 3.63) is 53.2 Å². The smallest absolute Gasteiger partial charge is 0.480 e. The fourth-order valence-corrected chi connectivity index (χ4v) is 4.59. The minimum atomic E-state index is -5.02. The van der Waals surface area contributed by atoms with Crippen LogP contribution in [0.3, 0.4) is 0 Å². The van der Waals surface area contributed by atoms with Crippen LogP contribution in [0.25, 0.3) is 0 Å². The number of pyridine rings is 1. The van der Waals surface area contributed by atoms with E-state index in [4.69, 9.17) is 9.72 Å². The van der Waals surface area contributed by atoms with E-state index in [0.717, 1.165) is 62.3 Å². The van der Waals surface area contributed by atoms with Crippen molar-refractivity contribution in [2.45, 2.75) is 57.0 Å². The number of nitrogens with one attached hydrogen (secondary N) is 2. The second-order valence-corrected chi connectivity index (χ2v) is 9.81. The summed E-state index contributed by atoms with van der Waals surface area (Å²) in [6.07, 6.45) is -1.46. The summed E-state index contributed by atoms with van der Waals surface area (Å²) in [5, 5.41) is 15.3. The molecule has 2 aromatic rings. The molecule has 1 aliphatic heterocycles. The fourth-order valence-electron chi connectivity index (χ4n) is 4.59. The maximum atomic E-state index is 13.4. The fraction of sp³-hybridized carbons (Fsp3) is 0.536. The third-order valence-electron chi connectivity index (χ3n) is 6.77. The predicted molar refractivity (Wildman–Crippen MR) is 144 cm³/mol. The number of anilines is 1. The van der Waals surface area contributed by atoms with Gasteiger partial charge in [0.15, 0.2) is 0 Å². The first kappa shape index (κ1) is 32.1. The van der Waals surface area contributed by atoms with Crippen LogP contribution < -0.4 is 15.4 Å².